The maximum Gasteiger partial charge on any atom is 0.259 e. The van der Waals surface area contributed by atoms with Gasteiger partial charge in [-0.1, -0.05) is 19.1 Å². The average molecular weight is 577 g/mol. The smallest absolute Gasteiger partial charge is 0.259 e. The van der Waals surface area contributed by atoms with Crippen molar-refractivity contribution in [3.05, 3.63) is 35.6 Å². The van der Waals surface area contributed by atoms with E-state index in [0.29, 0.717) is 18.3 Å². The van der Waals surface area contributed by atoms with E-state index < -0.39 is 41.1 Å². The van der Waals surface area contributed by atoms with E-state index >= 15 is 0 Å². The van der Waals surface area contributed by atoms with E-state index in [9.17, 15) is 29.7 Å². The molecule has 5 N–H and O–H groups in total. The summed E-state index contributed by atoms with van der Waals surface area (Å²) in [6.07, 6.45) is 6.94. The first-order valence-corrected chi connectivity index (χ1v) is 14.9. The van der Waals surface area contributed by atoms with Crippen molar-refractivity contribution in [1.82, 2.24) is 10.6 Å². The number of methoxy groups -OCH3 is 1. The van der Waals surface area contributed by atoms with E-state index in [1.807, 2.05) is 12.2 Å². The zero-order valence-electron chi connectivity index (χ0n) is 23.2. The topological polar surface area (TPSA) is 145 Å². The molecule has 0 radical (unpaired) electrons. The number of ketones is 1. The highest BCUT2D eigenvalue weighted by Crippen LogP contribution is 2.62. The molecule has 2 bridgehead atoms. The predicted octanol–water partition coefficient (Wildman–Crippen LogP) is 2.02. The molecule has 5 rings (SSSR count). The number of rotatable bonds is 2. The average Bonchev–Trinajstić information content (AvgIpc) is 3.55. The van der Waals surface area contributed by atoms with Crippen molar-refractivity contribution in [2.75, 3.05) is 13.7 Å². The number of carbonyl (C=O) groups excluding carboxylic acids is 3. The van der Waals surface area contributed by atoms with Gasteiger partial charge in [0.15, 0.2) is 5.78 Å². The van der Waals surface area contributed by atoms with Gasteiger partial charge in [-0.3, -0.25) is 14.4 Å². The van der Waals surface area contributed by atoms with Crippen molar-refractivity contribution in [3.63, 3.8) is 0 Å². The van der Waals surface area contributed by atoms with Gasteiger partial charge in [-0.25, -0.2) is 0 Å². The number of aliphatic hydroxyl groups excluding tert-OH is 3. The van der Waals surface area contributed by atoms with Gasteiger partial charge in [0.2, 0.25) is 5.91 Å². The van der Waals surface area contributed by atoms with Gasteiger partial charge in [0.1, 0.15) is 17.4 Å². The van der Waals surface area contributed by atoms with E-state index in [1.54, 1.807) is 7.11 Å². The molecule has 9 nitrogen and oxygen atoms in total. The lowest BCUT2D eigenvalue weighted by Gasteiger charge is -2.47. The molecule has 10 heteroatoms. The summed E-state index contributed by atoms with van der Waals surface area (Å²) in [7, 11) is 1.71. The molecule has 0 aromatic heterocycles. The fourth-order valence-electron chi connectivity index (χ4n) is 8.72. The van der Waals surface area contributed by atoms with Crippen LogP contribution in [0.5, 0.6) is 0 Å². The fraction of sp³-hybridized carbons (Fsp3) is 0.700. The van der Waals surface area contributed by atoms with Crippen LogP contribution in [0, 0.1) is 47.3 Å². The van der Waals surface area contributed by atoms with Crippen LogP contribution in [0.1, 0.15) is 39.5 Å². The lowest BCUT2D eigenvalue weighted by molar-refractivity contribution is -0.118. The minimum Gasteiger partial charge on any atom is -0.507 e. The molecule has 0 aromatic rings. The molecule has 2 heterocycles. The highest BCUT2D eigenvalue weighted by Gasteiger charge is 2.61. The van der Waals surface area contributed by atoms with E-state index in [4.69, 9.17) is 16.3 Å². The van der Waals surface area contributed by atoms with Gasteiger partial charge < -0.3 is 30.7 Å². The van der Waals surface area contributed by atoms with Crippen LogP contribution < -0.4 is 10.6 Å². The van der Waals surface area contributed by atoms with Crippen molar-refractivity contribution < 1.29 is 34.4 Å². The quantitative estimate of drug-likeness (QED) is 0.250. The summed E-state index contributed by atoms with van der Waals surface area (Å²) < 4.78 is 5.73. The number of aliphatic hydroxyl groups is 3. The SMILES string of the molecule is COC(C)C1C(C)CC2C3CC4C=CC(O)=C5C(=O)NC(C5=O)C(O)CCNC(=O)C=CCC4C3C(O)C(Cl)C21. The van der Waals surface area contributed by atoms with Crippen LogP contribution >= 0.6 is 11.6 Å². The third-order valence-corrected chi connectivity index (χ3v) is 11.0. The Kier molecular flexibility index (Phi) is 8.49. The Bertz CT molecular complexity index is 1120. The van der Waals surface area contributed by atoms with E-state index in [0.717, 1.165) is 12.8 Å². The molecule has 3 aliphatic carbocycles. The molecule has 4 fully saturated rings. The molecule has 13 unspecified atom stereocenters. The second-order valence-electron chi connectivity index (χ2n) is 12.4. The number of allylic oxidation sites excluding steroid dienone is 3. The molecule has 2 aliphatic heterocycles. The van der Waals surface area contributed by atoms with E-state index in [1.165, 1.54) is 12.2 Å². The van der Waals surface area contributed by atoms with Crippen LogP contribution in [-0.4, -0.2) is 76.3 Å². The Hall–Kier alpha value is -2.20. The highest BCUT2D eigenvalue weighted by atomic mass is 35.5. The first kappa shape index (κ1) is 29.3. The number of amides is 2. The molecule has 1 saturated heterocycles. The summed E-state index contributed by atoms with van der Waals surface area (Å²) in [4.78, 5) is 37.9. The Morgan fingerprint density at radius 3 is 2.52 bits per heavy atom. The van der Waals surface area contributed by atoms with Crippen LogP contribution in [0.2, 0.25) is 0 Å². The zero-order chi connectivity index (χ0) is 28.9. The third-order valence-electron chi connectivity index (χ3n) is 10.5. The maximum atomic E-state index is 12.9. The first-order chi connectivity index (χ1) is 19.0. The molecule has 220 valence electrons. The summed E-state index contributed by atoms with van der Waals surface area (Å²) in [5, 5.41) is 37.6. The van der Waals surface area contributed by atoms with Gasteiger partial charge in [0.05, 0.1) is 23.7 Å². The minimum absolute atomic E-state index is 0.0213. The van der Waals surface area contributed by atoms with Gasteiger partial charge in [-0.2, -0.15) is 0 Å². The van der Waals surface area contributed by atoms with Gasteiger partial charge in [-0.15, -0.1) is 11.6 Å². The van der Waals surface area contributed by atoms with Crippen LogP contribution in [-0.2, 0) is 19.1 Å². The fourth-order valence-corrected chi connectivity index (χ4v) is 9.24. The van der Waals surface area contributed by atoms with Crippen LogP contribution in [0.4, 0.5) is 0 Å². The van der Waals surface area contributed by atoms with Crippen molar-refractivity contribution in [2.24, 2.45) is 47.3 Å². The van der Waals surface area contributed by atoms with Gasteiger partial charge >= 0.3 is 0 Å². The number of hydrogen-bond donors (Lipinski definition) is 5. The van der Waals surface area contributed by atoms with Gasteiger partial charge in [-0.05, 0) is 92.1 Å². The lowest BCUT2D eigenvalue weighted by atomic mass is 9.63. The standard InChI is InChI=1S/C30H41ClN2O7/c1-13-11-17-18-12-15-7-8-19(34)25-29(38)27(33-30(25)39)20(35)9-10-32-21(36)6-4-5-16(15)23(18)28(37)26(31)24(17)22(13)14(2)40-3/h4,6-8,13-18,20,22-24,26-28,34-35,37H,5,9-12H2,1-3H3,(H,32,36)(H,33,39). The minimum atomic E-state index is -1.21. The molecule has 0 spiro atoms. The van der Waals surface area contributed by atoms with Crippen molar-refractivity contribution >= 4 is 29.2 Å². The van der Waals surface area contributed by atoms with Gasteiger partial charge in [0, 0.05) is 13.7 Å². The molecule has 40 heavy (non-hydrogen) atoms. The van der Waals surface area contributed by atoms with Crippen LogP contribution in [0.15, 0.2) is 35.6 Å². The monoisotopic (exact) mass is 576 g/mol. The number of ether oxygens (including phenoxy) is 1. The van der Waals surface area contributed by atoms with Crippen LogP contribution in [0.3, 0.4) is 0 Å². The van der Waals surface area contributed by atoms with E-state index in [2.05, 4.69) is 24.5 Å². The van der Waals surface area contributed by atoms with E-state index in [-0.39, 0.29) is 66.1 Å². The normalized spacial score (nSPS) is 44.6. The Balaban J connectivity index is 1.50. The predicted molar refractivity (Wildman–Crippen MR) is 148 cm³/mol. The number of carbonyl (C=O) groups is 3. The maximum absolute atomic E-state index is 12.9. The molecular formula is C30H41ClN2O7. The Morgan fingerprint density at radius 2 is 1.80 bits per heavy atom. The summed E-state index contributed by atoms with van der Waals surface area (Å²) >= 11 is 7.06. The molecule has 2 amide bonds. The van der Waals surface area contributed by atoms with Crippen molar-refractivity contribution in [1.29, 1.82) is 0 Å². The summed E-state index contributed by atoms with van der Waals surface area (Å²) in [6.45, 7) is 4.42. The summed E-state index contributed by atoms with van der Waals surface area (Å²) in [6, 6.07) is -1.18. The number of alkyl halides is 1. The third kappa shape index (κ3) is 5.03. The molecule has 13 atom stereocenters. The zero-order valence-corrected chi connectivity index (χ0v) is 24.0. The number of halogens is 1. The summed E-state index contributed by atoms with van der Waals surface area (Å²) in [5.41, 5.74) is -0.370. The highest BCUT2D eigenvalue weighted by molar-refractivity contribution is 6.27. The molecule has 5 aliphatic rings. The van der Waals surface area contributed by atoms with Crippen LogP contribution in [0.25, 0.3) is 0 Å². The number of Topliss-reactive ketones (excluding diaryl/α,β-unsaturated/α-hetero) is 1. The van der Waals surface area contributed by atoms with Crippen molar-refractivity contribution in [2.45, 2.75) is 69.3 Å². The summed E-state index contributed by atoms with van der Waals surface area (Å²) in [5.74, 6) is -1.12. The first-order valence-electron chi connectivity index (χ1n) is 14.5. The Morgan fingerprint density at radius 1 is 1.07 bits per heavy atom. The lowest BCUT2D eigenvalue weighted by Crippen LogP contribution is -2.51. The number of hydrogen-bond acceptors (Lipinski definition) is 7. The number of fused-ring (bicyclic) bond motifs is 7. The Labute approximate surface area is 240 Å². The number of nitrogens with one attached hydrogen (secondary N) is 2. The second-order valence-corrected chi connectivity index (χ2v) is 12.9. The second kappa shape index (κ2) is 11.6. The largest absolute Gasteiger partial charge is 0.507 e. The van der Waals surface area contributed by atoms with Crippen molar-refractivity contribution in [3.8, 4) is 0 Å². The molecule has 0 aromatic carbocycles. The molecule has 3 saturated carbocycles. The molecular weight excluding hydrogens is 536 g/mol. The van der Waals surface area contributed by atoms with Gasteiger partial charge in [0.25, 0.3) is 5.91 Å².